The maximum Gasteiger partial charge on any atom is 0.312 e. The number of nitrogens with zero attached hydrogens (tertiary/aromatic N) is 4. The van der Waals surface area contributed by atoms with Crippen molar-refractivity contribution >= 4 is 11.9 Å². The van der Waals surface area contributed by atoms with Crippen molar-refractivity contribution in [3.05, 3.63) is 30.1 Å². The second kappa shape index (κ2) is 13.6. The van der Waals surface area contributed by atoms with Crippen molar-refractivity contribution in [1.29, 1.82) is 0 Å². The van der Waals surface area contributed by atoms with Gasteiger partial charge < -0.3 is 24.6 Å². The molecule has 4 heterocycles. The van der Waals surface area contributed by atoms with Gasteiger partial charge in [-0.2, -0.15) is 0 Å². The Balaban J connectivity index is 1.37. The lowest BCUT2D eigenvalue weighted by molar-refractivity contribution is -0.165. The third-order valence-electron chi connectivity index (χ3n) is 8.07. The zero-order valence-corrected chi connectivity index (χ0v) is 21.8. The van der Waals surface area contributed by atoms with Gasteiger partial charge in [0.05, 0.1) is 31.3 Å². The number of cyclic esters (lactones) is 1. The lowest BCUT2D eigenvalue weighted by Crippen LogP contribution is -2.46. The smallest absolute Gasteiger partial charge is 0.312 e. The van der Waals surface area contributed by atoms with Crippen molar-refractivity contribution < 1.29 is 29.3 Å². The summed E-state index contributed by atoms with van der Waals surface area (Å²) in [4.78, 5) is 36.7. The molecule has 3 aliphatic heterocycles. The predicted octanol–water partition coefficient (Wildman–Crippen LogP) is 0.664. The molecule has 4 rings (SSSR count). The number of pyridine rings is 1. The molecule has 0 aromatic carbocycles. The Bertz CT molecular complexity index is 858. The van der Waals surface area contributed by atoms with E-state index in [0.717, 1.165) is 45.6 Å². The summed E-state index contributed by atoms with van der Waals surface area (Å²) >= 11 is 0. The van der Waals surface area contributed by atoms with Gasteiger partial charge in [-0.25, -0.2) is 0 Å². The van der Waals surface area contributed by atoms with E-state index in [1.807, 2.05) is 12.1 Å². The maximum absolute atomic E-state index is 13.3. The number of hydrogen-bond acceptors (Lipinski definition) is 9. The van der Waals surface area contributed by atoms with Crippen molar-refractivity contribution in [3.8, 4) is 0 Å². The van der Waals surface area contributed by atoms with Crippen molar-refractivity contribution in [2.24, 2.45) is 5.41 Å². The average Bonchev–Trinajstić information content (AvgIpc) is 2.93. The lowest BCUT2D eigenvalue weighted by atomic mass is 9.74. The minimum Gasteiger partial charge on any atom is -0.462 e. The molecule has 1 amide bonds. The van der Waals surface area contributed by atoms with E-state index in [1.165, 1.54) is 5.56 Å². The molecule has 3 fully saturated rings. The maximum atomic E-state index is 13.3. The molecule has 0 unspecified atom stereocenters. The number of carbonyl (C=O) groups is 2. The molecule has 0 bridgehead atoms. The number of piperidine rings is 1. The van der Waals surface area contributed by atoms with Gasteiger partial charge in [0.1, 0.15) is 12.7 Å². The fourth-order valence-corrected chi connectivity index (χ4v) is 5.53. The quantitative estimate of drug-likeness (QED) is 0.555. The van der Waals surface area contributed by atoms with Gasteiger partial charge in [-0.05, 0) is 62.9 Å². The second-order valence-electron chi connectivity index (χ2n) is 10.7. The van der Waals surface area contributed by atoms with E-state index < -0.39 is 17.6 Å². The van der Waals surface area contributed by atoms with E-state index in [-0.39, 0.29) is 24.9 Å². The van der Waals surface area contributed by atoms with E-state index in [4.69, 9.17) is 9.47 Å². The summed E-state index contributed by atoms with van der Waals surface area (Å²) < 4.78 is 11.0. The number of ether oxygens (including phenoxy) is 2. The number of carbonyl (C=O) groups excluding carboxylic acids is 2. The summed E-state index contributed by atoms with van der Waals surface area (Å²) in [7, 11) is 0. The van der Waals surface area contributed by atoms with Gasteiger partial charge in [-0.1, -0.05) is 6.42 Å². The first kappa shape index (κ1) is 27.9. The number of amides is 1. The molecular formula is C27H42N4O6. The predicted molar refractivity (Wildman–Crippen MR) is 136 cm³/mol. The van der Waals surface area contributed by atoms with E-state index in [0.29, 0.717) is 52.1 Å². The largest absolute Gasteiger partial charge is 0.462 e. The number of aromatic nitrogens is 1. The van der Waals surface area contributed by atoms with Crippen LogP contribution < -0.4 is 0 Å². The van der Waals surface area contributed by atoms with Crippen LogP contribution in [0.1, 0.15) is 44.1 Å². The number of likely N-dealkylation sites (tertiary alicyclic amines) is 1. The van der Waals surface area contributed by atoms with Gasteiger partial charge >= 0.3 is 5.97 Å². The van der Waals surface area contributed by atoms with Crippen LogP contribution >= 0.6 is 0 Å². The van der Waals surface area contributed by atoms with Crippen LogP contribution in [0.2, 0.25) is 0 Å². The molecule has 37 heavy (non-hydrogen) atoms. The molecule has 206 valence electrons. The van der Waals surface area contributed by atoms with Crippen LogP contribution in [0.4, 0.5) is 0 Å². The second-order valence-corrected chi connectivity index (χ2v) is 10.7. The van der Waals surface area contributed by atoms with Gasteiger partial charge in [-0.15, -0.1) is 0 Å². The highest BCUT2D eigenvalue weighted by Crippen LogP contribution is 2.38. The van der Waals surface area contributed by atoms with Crippen LogP contribution in [-0.4, -0.2) is 120 Å². The minimum atomic E-state index is -1.18. The van der Waals surface area contributed by atoms with Crippen LogP contribution in [0.5, 0.6) is 0 Å². The number of esters is 1. The highest BCUT2D eigenvalue weighted by atomic mass is 16.5. The monoisotopic (exact) mass is 518 g/mol. The van der Waals surface area contributed by atoms with E-state index in [2.05, 4.69) is 14.8 Å². The molecule has 0 aliphatic carbocycles. The Labute approximate surface area is 219 Å². The van der Waals surface area contributed by atoms with Gasteiger partial charge in [0, 0.05) is 45.1 Å². The summed E-state index contributed by atoms with van der Waals surface area (Å²) in [5.74, 6) is -0.244. The topological polar surface area (TPSA) is 116 Å². The third kappa shape index (κ3) is 7.94. The number of morpholine rings is 1. The van der Waals surface area contributed by atoms with Crippen molar-refractivity contribution in [3.63, 3.8) is 0 Å². The van der Waals surface area contributed by atoms with Crippen molar-refractivity contribution in [2.75, 3.05) is 65.6 Å². The van der Waals surface area contributed by atoms with E-state index in [1.54, 1.807) is 17.3 Å². The van der Waals surface area contributed by atoms with E-state index >= 15 is 0 Å². The zero-order chi connectivity index (χ0) is 26.1. The Morgan fingerprint density at radius 3 is 2.41 bits per heavy atom. The molecule has 0 radical (unpaired) electrons. The fourth-order valence-electron chi connectivity index (χ4n) is 5.53. The summed E-state index contributed by atoms with van der Waals surface area (Å²) in [5.41, 5.74) is 0.596. The highest BCUT2D eigenvalue weighted by Gasteiger charge is 2.42. The van der Waals surface area contributed by atoms with Crippen LogP contribution in [0, 0.1) is 5.41 Å². The first-order valence-corrected chi connectivity index (χ1v) is 13.7. The number of aliphatic hydroxyl groups excluding tert-OH is 2. The van der Waals surface area contributed by atoms with Crippen LogP contribution in [0.25, 0.3) is 0 Å². The summed E-state index contributed by atoms with van der Waals surface area (Å²) in [6.45, 7) is 6.17. The first-order chi connectivity index (χ1) is 17.9. The summed E-state index contributed by atoms with van der Waals surface area (Å²) in [6, 6.07) is 4.02. The molecule has 2 atom stereocenters. The molecule has 3 saturated heterocycles. The molecule has 1 aromatic rings. The Morgan fingerprint density at radius 1 is 0.946 bits per heavy atom. The van der Waals surface area contributed by atoms with Crippen molar-refractivity contribution in [1.82, 2.24) is 19.7 Å². The van der Waals surface area contributed by atoms with Crippen LogP contribution in [0.3, 0.4) is 0 Å². The van der Waals surface area contributed by atoms with Gasteiger partial charge in [0.2, 0.25) is 5.91 Å². The number of rotatable bonds is 4. The first-order valence-electron chi connectivity index (χ1n) is 13.7. The fraction of sp³-hybridized carbons (Fsp3) is 0.741. The highest BCUT2D eigenvalue weighted by molar-refractivity contribution is 5.78. The molecule has 10 nitrogen and oxygen atoms in total. The molecule has 10 heteroatoms. The zero-order valence-electron chi connectivity index (χ0n) is 21.8. The molecular weight excluding hydrogens is 476 g/mol. The Hall–Kier alpha value is -2.11. The average molecular weight is 519 g/mol. The standard InChI is InChI=1S/C27H42N4O6/c32-23-5-12-31(25(34)20-30-15-17-36-18-16-30)11-2-1-6-27(26(35)37-21-24(23)33)7-13-29(14-8-27)19-22-3-9-28-10-4-22/h3-4,9-10,23-24,32-33H,1-2,5-8,11-21H2/t23-,24+/m0/s1. The summed E-state index contributed by atoms with van der Waals surface area (Å²) in [5, 5.41) is 21.0. The van der Waals surface area contributed by atoms with Gasteiger partial charge in [-0.3, -0.25) is 24.4 Å². The molecule has 3 aliphatic rings. The Morgan fingerprint density at radius 2 is 1.68 bits per heavy atom. The van der Waals surface area contributed by atoms with Crippen LogP contribution in [-0.2, 0) is 25.6 Å². The SMILES string of the molecule is O=C(CN1CCOCC1)N1CCCCC2(CCN(Cc3ccncc3)CC2)C(=O)OC[C@@H](O)[C@@H](O)CC1. The minimum absolute atomic E-state index is 0.0323. The molecule has 0 saturated carbocycles. The van der Waals surface area contributed by atoms with Gasteiger partial charge in [0.15, 0.2) is 0 Å². The number of aliphatic hydroxyl groups is 2. The molecule has 1 aromatic heterocycles. The molecule has 1 spiro atoms. The number of hydrogen-bond donors (Lipinski definition) is 2. The normalized spacial score (nSPS) is 27.1. The van der Waals surface area contributed by atoms with Crippen LogP contribution in [0.15, 0.2) is 24.5 Å². The van der Waals surface area contributed by atoms with E-state index in [9.17, 15) is 19.8 Å². The summed E-state index contributed by atoms with van der Waals surface area (Å²) in [6.07, 6.45) is 5.25. The molecule has 2 N–H and O–H groups in total. The van der Waals surface area contributed by atoms with Crippen molar-refractivity contribution in [2.45, 2.75) is 57.3 Å². The lowest BCUT2D eigenvalue weighted by Gasteiger charge is -2.40. The van der Waals surface area contributed by atoms with Gasteiger partial charge in [0.25, 0.3) is 0 Å². The third-order valence-corrected chi connectivity index (χ3v) is 8.07. The Kier molecular flexibility index (Phi) is 10.3.